The molecule has 13 heteroatoms. The second-order valence-electron chi connectivity index (χ2n) is 10.4. The maximum Gasteiger partial charge on any atom is 0.422 e. The van der Waals surface area contributed by atoms with Crippen LogP contribution in [0.4, 0.5) is 22.0 Å². The molecule has 1 fully saturated rings. The number of likely N-dealkylation sites (tertiary alicyclic amines) is 1. The lowest BCUT2D eigenvalue weighted by Gasteiger charge is -2.42. The number of hydrogen-bond acceptors (Lipinski definition) is 6. The Balaban J connectivity index is 0.000000496. The summed E-state index contributed by atoms with van der Waals surface area (Å²) >= 11 is 0. The monoisotopic (exact) mass is 612 g/mol. The van der Waals surface area contributed by atoms with Crippen LogP contribution < -0.4 is 5.56 Å². The summed E-state index contributed by atoms with van der Waals surface area (Å²) in [7, 11) is 0. The van der Waals surface area contributed by atoms with Crippen LogP contribution in [-0.2, 0) is 17.4 Å². The van der Waals surface area contributed by atoms with E-state index in [1.54, 1.807) is 17.2 Å². The summed E-state index contributed by atoms with van der Waals surface area (Å²) in [6.07, 6.45) is -1.44. The molecule has 1 aliphatic heterocycles. The fraction of sp³-hybridized carbons (Fsp3) is 0.633. The molecule has 1 saturated heterocycles. The van der Waals surface area contributed by atoms with Crippen molar-refractivity contribution in [1.82, 2.24) is 25.0 Å². The number of nitriles is 1. The molecule has 0 aromatic carbocycles. The smallest absolute Gasteiger partial charge is 0.342 e. The molecule has 0 spiro atoms. The molecule has 238 valence electrons. The SMILES string of the molecule is CC.CCCCN(CCC)C(=O)C1CN(C2CCc3c2n[nH]c(=O)c3C(F)(F)F)CCC1(F)F.Cc1ccc(C#N)cn1. The molecule has 43 heavy (non-hydrogen) atoms. The number of nitrogens with zero attached hydrogens (tertiary/aromatic N) is 5. The van der Waals surface area contributed by atoms with E-state index in [9.17, 15) is 31.5 Å². The number of unbranched alkanes of at least 4 members (excludes halogenated alkanes) is 1. The quantitative estimate of drug-likeness (QED) is 0.381. The second-order valence-corrected chi connectivity index (χ2v) is 10.4. The number of hydrogen-bond donors (Lipinski definition) is 1. The molecule has 2 aromatic rings. The lowest BCUT2D eigenvalue weighted by molar-refractivity contribution is -0.162. The molecule has 0 bridgehead atoms. The minimum absolute atomic E-state index is 0.0181. The molecule has 0 radical (unpaired) electrons. The molecule has 2 aliphatic rings. The van der Waals surface area contributed by atoms with E-state index >= 15 is 0 Å². The molecule has 2 atom stereocenters. The van der Waals surface area contributed by atoms with Crippen molar-refractivity contribution < 1.29 is 26.7 Å². The van der Waals surface area contributed by atoms with E-state index in [0.717, 1.165) is 12.1 Å². The van der Waals surface area contributed by atoms with Gasteiger partial charge in [-0.25, -0.2) is 13.9 Å². The lowest BCUT2D eigenvalue weighted by atomic mass is 9.90. The van der Waals surface area contributed by atoms with Gasteiger partial charge < -0.3 is 4.90 Å². The summed E-state index contributed by atoms with van der Waals surface area (Å²) in [6, 6.07) is 4.91. The van der Waals surface area contributed by atoms with Crippen LogP contribution in [0.15, 0.2) is 23.1 Å². The van der Waals surface area contributed by atoms with Gasteiger partial charge in [0.1, 0.15) is 17.6 Å². The summed E-state index contributed by atoms with van der Waals surface area (Å²) in [4.78, 5) is 31.8. The summed E-state index contributed by atoms with van der Waals surface area (Å²) in [5, 5.41) is 14.1. The Morgan fingerprint density at radius 1 is 1.21 bits per heavy atom. The van der Waals surface area contributed by atoms with Crippen molar-refractivity contribution in [2.75, 3.05) is 26.2 Å². The molecule has 1 aliphatic carbocycles. The predicted octanol–water partition coefficient (Wildman–Crippen LogP) is 6.06. The number of pyridine rings is 1. The Kier molecular flexibility index (Phi) is 13.2. The van der Waals surface area contributed by atoms with Crippen LogP contribution >= 0.6 is 0 Å². The van der Waals surface area contributed by atoms with E-state index in [0.29, 0.717) is 31.5 Å². The number of rotatable bonds is 7. The van der Waals surface area contributed by atoms with Gasteiger partial charge in [0.15, 0.2) is 0 Å². The highest BCUT2D eigenvalue weighted by Gasteiger charge is 2.51. The third-order valence-electron chi connectivity index (χ3n) is 7.41. The first-order valence-electron chi connectivity index (χ1n) is 14.8. The highest BCUT2D eigenvalue weighted by Crippen LogP contribution is 2.43. The van der Waals surface area contributed by atoms with Crippen molar-refractivity contribution in [1.29, 1.82) is 5.26 Å². The molecule has 8 nitrogen and oxygen atoms in total. The largest absolute Gasteiger partial charge is 0.422 e. The Morgan fingerprint density at radius 3 is 2.47 bits per heavy atom. The van der Waals surface area contributed by atoms with Gasteiger partial charge in [-0.1, -0.05) is 34.1 Å². The lowest BCUT2D eigenvalue weighted by Crippen LogP contribution is -2.55. The molecular weight excluding hydrogens is 571 g/mol. The van der Waals surface area contributed by atoms with Gasteiger partial charge in [-0.05, 0) is 50.3 Å². The molecule has 4 rings (SSSR count). The van der Waals surface area contributed by atoms with Crippen molar-refractivity contribution in [2.24, 2.45) is 5.92 Å². The highest BCUT2D eigenvalue weighted by molar-refractivity contribution is 5.80. The van der Waals surface area contributed by atoms with E-state index in [2.05, 4.69) is 10.1 Å². The van der Waals surface area contributed by atoms with Crippen molar-refractivity contribution in [3.05, 3.63) is 56.8 Å². The molecule has 0 saturated carbocycles. The fourth-order valence-electron chi connectivity index (χ4n) is 5.27. The zero-order valence-electron chi connectivity index (χ0n) is 25.4. The average Bonchev–Trinajstić information content (AvgIpc) is 3.39. The fourth-order valence-corrected chi connectivity index (χ4v) is 5.27. The van der Waals surface area contributed by atoms with E-state index in [1.165, 1.54) is 4.90 Å². The molecule has 3 heterocycles. The number of aryl methyl sites for hydroxylation is 1. The molecule has 1 N–H and O–H groups in total. The highest BCUT2D eigenvalue weighted by atomic mass is 19.4. The minimum atomic E-state index is -4.83. The van der Waals surface area contributed by atoms with Crippen molar-refractivity contribution in [2.45, 2.75) is 91.3 Å². The van der Waals surface area contributed by atoms with Gasteiger partial charge in [0, 0.05) is 44.5 Å². The summed E-state index contributed by atoms with van der Waals surface area (Å²) < 4.78 is 69.8. The molecular formula is C30H41F5N6O2. The number of carbonyl (C=O) groups is 1. The number of alkyl halides is 5. The van der Waals surface area contributed by atoms with Crippen LogP contribution in [0.3, 0.4) is 0 Å². The van der Waals surface area contributed by atoms with Gasteiger partial charge in [-0.3, -0.25) is 19.5 Å². The van der Waals surface area contributed by atoms with Crippen LogP contribution in [0.2, 0.25) is 0 Å². The van der Waals surface area contributed by atoms with E-state index < -0.39 is 47.5 Å². The van der Waals surface area contributed by atoms with Gasteiger partial charge in [0.25, 0.3) is 11.5 Å². The molecule has 2 unspecified atom stereocenters. The standard InChI is InChI=1S/C21H29F5N4O2.C7H6N2.C2H6/c1-3-5-10-29(9-4-2)19(32)14-12-30(11-8-20(14,22)23)15-7-6-13-16(21(24,25)26)18(31)28-27-17(13)15;1-6-2-3-7(4-8)5-9-6;1-2/h14-15H,3-12H2,1-2H3,(H,28,31);2-3,5H,1H3;1-2H3. The number of aromatic amines is 1. The number of piperidine rings is 1. The molecule has 2 aromatic heterocycles. The number of fused-ring (bicyclic) bond motifs is 1. The van der Waals surface area contributed by atoms with Crippen molar-refractivity contribution in [3.8, 4) is 6.07 Å². The average molecular weight is 613 g/mol. The van der Waals surface area contributed by atoms with Crippen LogP contribution in [0.5, 0.6) is 0 Å². The number of carbonyl (C=O) groups excluding carboxylic acids is 1. The normalized spacial score (nSPS) is 19.2. The third kappa shape index (κ3) is 9.05. The number of nitrogens with one attached hydrogen (secondary N) is 1. The third-order valence-corrected chi connectivity index (χ3v) is 7.41. The van der Waals surface area contributed by atoms with Crippen molar-refractivity contribution in [3.63, 3.8) is 0 Å². The van der Waals surface area contributed by atoms with Gasteiger partial charge in [0.05, 0.1) is 17.3 Å². The zero-order chi connectivity index (χ0) is 32.4. The van der Waals surface area contributed by atoms with Gasteiger partial charge in [-0.15, -0.1) is 0 Å². The van der Waals surface area contributed by atoms with E-state index in [-0.39, 0.29) is 37.2 Å². The van der Waals surface area contributed by atoms with Crippen LogP contribution in [0, 0.1) is 24.2 Å². The maximum absolute atomic E-state index is 14.8. The van der Waals surface area contributed by atoms with Gasteiger partial charge in [-0.2, -0.15) is 23.5 Å². The number of H-pyrrole nitrogens is 1. The first-order valence-corrected chi connectivity index (χ1v) is 14.8. The Morgan fingerprint density at radius 2 is 1.91 bits per heavy atom. The van der Waals surface area contributed by atoms with Gasteiger partial charge >= 0.3 is 6.18 Å². The summed E-state index contributed by atoms with van der Waals surface area (Å²) in [5.74, 6) is -5.37. The first-order chi connectivity index (χ1) is 20.3. The summed E-state index contributed by atoms with van der Waals surface area (Å²) in [6.45, 7) is 10.2. The Bertz CT molecular complexity index is 1290. The minimum Gasteiger partial charge on any atom is -0.342 e. The first kappa shape index (κ1) is 35.8. The zero-order valence-corrected chi connectivity index (χ0v) is 25.4. The van der Waals surface area contributed by atoms with E-state index in [4.69, 9.17) is 5.26 Å². The topological polar surface area (TPSA) is 106 Å². The number of aromatic nitrogens is 3. The van der Waals surface area contributed by atoms with Crippen molar-refractivity contribution >= 4 is 5.91 Å². The van der Waals surface area contributed by atoms with Crippen LogP contribution in [0.1, 0.15) is 93.9 Å². The van der Waals surface area contributed by atoms with E-state index in [1.807, 2.05) is 51.9 Å². The maximum atomic E-state index is 14.8. The Labute approximate surface area is 249 Å². The second kappa shape index (κ2) is 15.9. The number of halogens is 5. The Hall–Kier alpha value is -3.40. The number of amides is 1. The van der Waals surface area contributed by atoms with Gasteiger partial charge in [0.2, 0.25) is 5.91 Å². The predicted molar refractivity (Wildman–Crippen MR) is 152 cm³/mol. The van der Waals surface area contributed by atoms with Crippen LogP contribution in [-0.4, -0.2) is 63.0 Å². The molecule has 1 amide bonds. The van der Waals surface area contributed by atoms with Crippen LogP contribution in [0.25, 0.3) is 0 Å². The summed E-state index contributed by atoms with van der Waals surface area (Å²) in [5.41, 5.74) is -1.14.